The largest absolute Gasteiger partial charge is 0.389 e. The summed E-state index contributed by atoms with van der Waals surface area (Å²) in [5.74, 6) is 0.772. The lowest BCUT2D eigenvalue weighted by Gasteiger charge is -2.17. The van der Waals surface area contributed by atoms with Crippen LogP contribution in [0.5, 0.6) is 0 Å². The van der Waals surface area contributed by atoms with Gasteiger partial charge in [0.1, 0.15) is 0 Å². The molecule has 0 fully saturated rings. The van der Waals surface area contributed by atoms with Crippen molar-refractivity contribution in [3.05, 3.63) is 0 Å². The molecule has 0 aromatic heterocycles. The van der Waals surface area contributed by atoms with Gasteiger partial charge in [0.15, 0.2) is 0 Å². The molecule has 0 aliphatic rings. The maximum absolute atomic E-state index is 12.2. The fourth-order valence-corrected chi connectivity index (χ4v) is 4.31. The van der Waals surface area contributed by atoms with Crippen molar-refractivity contribution in [1.82, 2.24) is 0 Å². The predicted molar refractivity (Wildman–Crippen MR) is 70.6 cm³/mol. The Hall–Kier alpha value is 0.420. The van der Waals surface area contributed by atoms with Crippen LogP contribution in [0.2, 0.25) is 0 Å². The standard InChI is InChI=1S/C10H23O5PS/c1-4-5-10-17-16(11,14-8-6-12-2)15-9-7-13-3/h4-10H2,1-3H3. The summed E-state index contributed by atoms with van der Waals surface area (Å²) in [4.78, 5) is 0. The van der Waals surface area contributed by atoms with Crippen molar-refractivity contribution in [2.75, 3.05) is 46.4 Å². The zero-order valence-electron chi connectivity index (χ0n) is 10.8. The summed E-state index contributed by atoms with van der Waals surface area (Å²) in [5.41, 5.74) is 0. The molecule has 0 spiro atoms. The van der Waals surface area contributed by atoms with Crippen molar-refractivity contribution < 1.29 is 23.1 Å². The van der Waals surface area contributed by atoms with Gasteiger partial charge in [-0.1, -0.05) is 13.3 Å². The minimum absolute atomic E-state index is 0.278. The molecule has 17 heavy (non-hydrogen) atoms. The van der Waals surface area contributed by atoms with E-state index >= 15 is 0 Å². The number of unbranched alkanes of at least 4 members (excludes halogenated alkanes) is 1. The molecule has 104 valence electrons. The highest BCUT2D eigenvalue weighted by atomic mass is 32.7. The second-order valence-corrected chi connectivity index (χ2v) is 7.48. The lowest BCUT2D eigenvalue weighted by Crippen LogP contribution is -2.04. The molecule has 0 heterocycles. The first-order valence-electron chi connectivity index (χ1n) is 5.70. The monoisotopic (exact) mass is 286 g/mol. The predicted octanol–water partition coefficient (Wildman–Crippen LogP) is 2.95. The third-order valence-corrected chi connectivity index (χ3v) is 5.73. The van der Waals surface area contributed by atoms with E-state index in [9.17, 15) is 4.57 Å². The SMILES string of the molecule is CCCCSP(=O)(OCCOC)OCCOC. The van der Waals surface area contributed by atoms with E-state index in [1.807, 2.05) is 0 Å². The molecular formula is C10H23O5PS. The average molecular weight is 286 g/mol. The van der Waals surface area contributed by atoms with Gasteiger partial charge in [0.25, 0.3) is 0 Å². The fraction of sp³-hybridized carbons (Fsp3) is 1.00. The highest BCUT2D eigenvalue weighted by Gasteiger charge is 2.25. The second kappa shape index (κ2) is 11.5. The molecule has 0 unspecified atom stereocenters. The first-order chi connectivity index (χ1) is 8.18. The van der Waals surface area contributed by atoms with Crippen LogP contribution in [0.4, 0.5) is 0 Å². The number of methoxy groups -OCH3 is 2. The molecule has 7 heteroatoms. The number of rotatable bonds is 12. The molecule has 0 aromatic rings. The first kappa shape index (κ1) is 17.4. The Balaban J connectivity index is 4.00. The number of ether oxygens (including phenoxy) is 2. The molecule has 0 bridgehead atoms. The van der Waals surface area contributed by atoms with Crippen LogP contribution in [0, 0.1) is 0 Å². The molecular weight excluding hydrogens is 263 g/mol. The lowest BCUT2D eigenvalue weighted by atomic mass is 10.4. The van der Waals surface area contributed by atoms with Crippen LogP contribution in [-0.2, 0) is 23.1 Å². The first-order valence-corrected chi connectivity index (χ1v) is 8.83. The third-order valence-electron chi connectivity index (χ3n) is 1.82. The Morgan fingerprint density at radius 3 is 1.94 bits per heavy atom. The molecule has 0 N–H and O–H groups in total. The van der Waals surface area contributed by atoms with Crippen molar-refractivity contribution in [2.45, 2.75) is 19.8 Å². The van der Waals surface area contributed by atoms with Gasteiger partial charge in [-0.3, -0.25) is 9.05 Å². The van der Waals surface area contributed by atoms with E-state index in [0.717, 1.165) is 18.6 Å². The summed E-state index contributed by atoms with van der Waals surface area (Å²) < 4.78 is 32.5. The molecule has 0 aromatic carbocycles. The van der Waals surface area contributed by atoms with E-state index in [2.05, 4.69) is 6.92 Å². The Morgan fingerprint density at radius 2 is 1.53 bits per heavy atom. The van der Waals surface area contributed by atoms with Crippen LogP contribution >= 0.6 is 18.2 Å². The zero-order valence-corrected chi connectivity index (χ0v) is 12.6. The van der Waals surface area contributed by atoms with E-state index in [0.29, 0.717) is 13.2 Å². The van der Waals surface area contributed by atoms with Gasteiger partial charge in [0, 0.05) is 20.0 Å². The van der Waals surface area contributed by atoms with Gasteiger partial charge < -0.3 is 9.47 Å². The van der Waals surface area contributed by atoms with Crippen molar-refractivity contribution in [1.29, 1.82) is 0 Å². The summed E-state index contributed by atoms with van der Waals surface area (Å²) in [6.07, 6.45) is 2.05. The van der Waals surface area contributed by atoms with Crippen LogP contribution in [0.3, 0.4) is 0 Å². The quantitative estimate of drug-likeness (QED) is 0.406. The van der Waals surface area contributed by atoms with Gasteiger partial charge in [-0.2, -0.15) is 0 Å². The minimum Gasteiger partial charge on any atom is -0.382 e. The van der Waals surface area contributed by atoms with Gasteiger partial charge >= 0.3 is 6.80 Å². The number of hydrogen-bond donors (Lipinski definition) is 0. The van der Waals surface area contributed by atoms with Crippen LogP contribution in [0.25, 0.3) is 0 Å². The minimum atomic E-state index is -3.05. The lowest BCUT2D eigenvalue weighted by molar-refractivity contribution is 0.113. The highest BCUT2D eigenvalue weighted by molar-refractivity contribution is 8.55. The summed E-state index contributed by atoms with van der Waals surface area (Å²) in [6, 6.07) is 0. The van der Waals surface area contributed by atoms with Crippen molar-refractivity contribution in [2.24, 2.45) is 0 Å². The third kappa shape index (κ3) is 10.1. The van der Waals surface area contributed by atoms with E-state index in [1.54, 1.807) is 14.2 Å². The highest BCUT2D eigenvalue weighted by Crippen LogP contribution is 2.60. The Bertz CT molecular complexity index is 182. The van der Waals surface area contributed by atoms with Crippen LogP contribution in [-0.4, -0.2) is 46.4 Å². The van der Waals surface area contributed by atoms with Gasteiger partial charge in [0.05, 0.1) is 26.4 Å². The van der Waals surface area contributed by atoms with Crippen molar-refractivity contribution >= 4 is 18.2 Å². The molecule has 0 aliphatic carbocycles. The summed E-state index contributed by atoms with van der Waals surface area (Å²) in [5, 5.41) is 0. The second-order valence-electron chi connectivity index (χ2n) is 3.29. The number of hydrogen-bond acceptors (Lipinski definition) is 6. The Labute approximate surface area is 108 Å². The van der Waals surface area contributed by atoms with Gasteiger partial charge in [-0.15, -0.1) is 0 Å². The van der Waals surface area contributed by atoms with Gasteiger partial charge in [0.2, 0.25) is 0 Å². The van der Waals surface area contributed by atoms with E-state index in [-0.39, 0.29) is 13.2 Å². The molecule has 0 saturated heterocycles. The zero-order chi connectivity index (χ0) is 13.0. The summed E-state index contributed by atoms with van der Waals surface area (Å²) in [6.45, 7) is 0.407. The van der Waals surface area contributed by atoms with Crippen LogP contribution in [0.1, 0.15) is 19.8 Å². The molecule has 5 nitrogen and oxygen atoms in total. The smallest absolute Gasteiger partial charge is 0.382 e. The van der Waals surface area contributed by atoms with Crippen LogP contribution < -0.4 is 0 Å². The Morgan fingerprint density at radius 1 is 1.00 bits per heavy atom. The maximum atomic E-state index is 12.2. The molecule has 0 radical (unpaired) electrons. The van der Waals surface area contributed by atoms with E-state index in [1.165, 1.54) is 11.4 Å². The average Bonchev–Trinajstić information content (AvgIpc) is 2.30. The van der Waals surface area contributed by atoms with Gasteiger partial charge in [-0.25, -0.2) is 4.57 Å². The fourth-order valence-electron chi connectivity index (χ4n) is 0.897. The summed E-state index contributed by atoms with van der Waals surface area (Å²) in [7, 11) is 3.15. The van der Waals surface area contributed by atoms with Crippen molar-refractivity contribution in [3.63, 3.8) is 0 Å². The normalized spacial score (nSPS) is 11.9. The maximum Gasteiger partial charge on any atom is 0.389 e. The Kier molecular flexibility index (Phi) is 11.8. The molecule has 0 atom stereocenters. The molecule has 0 aliphatic heterocycles. The topological polar surface area (TPSA) is 54.0 Å². The van der Waals surface area contributed by atoms with E-state index < -0.39 is 6.80 Å². The van der Waals surface area contributed by atoms with Gasteiger partial charge in [-0.05, 0) is 17.8 Å². The van der Waals surface area contributed by atoms with Crippen molar-refractivity contribution in [3.8, 4) is 0 Å². The molecule has 0 rings (SSSR count). The molecule has 0 saturated carbocycles. The molecule has 0 amide bonds. The summed E-state index contributed by atoms with van der Waals surface area (Å²) >= 11 is 1.25. The van der Waals surface area contributed by atoms with Crippen LogP contribution in [0.15, 0.2) is 0 Å². The van der Waals surface area contributed by atoms with E-state index in [4.69, 9.17) is 18.5 Å².